The lowest BCUT2D eigenvalue weighted by atomic mass is 10.1. The predicted molar refractivity (Wildman–Crippen MR) is 71.6 cm³/mol. The minimum atomic E-state index is -0.880. The molecule has 0 bridgehead atoms. The molecule has 5 nitrogen and oxygen atoms in total. The summed E-state index contributed by atoms with van der Waals surface area (Å²) in [5.41, 5.74) is 0. The Balaban J connectivity index is 4.18. The topological polar surface area (TPSA) is 78.4 Å². The van der Waals surface area contributed by atoms with Crippen LogP contribution in [0.15, 0.2) is 0 Å². The fraction of sp³-hybridized carbons (Fsp3) is 0.846. The smallest absolute Gasteiger partial charge is 0.315 e. The first-order chi connectivity index (χ1) is 8.53. The molecule has 2 atom stereocenters. The van der Waals surface area contributed by atoms with Crippen LogP contribution in [0.2, 0.25) is 0 Å². The highest BCUT2D eigenvalue weighted by atomic mass is 16.4. The Bertz CT molecular complexity index is 257. The van der Waals surface area contributed by atoms with E-state index in [0.29, 0.717) is 6.42 Å². The predicted octanol–water partition coefficient (Wildman–Crippen LogP) is 2.51. The van der Waals surface area contributed by atoms with Gasteiger partial charge in [0.2, 0.25) is 0 Å². The summed E-state index contributed by atoms with van der Waals surface area (Å²) < 4.78 is 0. The summed E-state index contributed by atoms with van der Waals surface area (Å²) in [5, 5.41) is 14.4. The highest BCUT2D eigenvalue weighted by Crippen LogP contribution is 2.04. The van der Waals surface area contributed by atoms with Gasteiger partial charge in [0.1, 0.15) is 0 Å². The van der Waals surface area contributed by atoms with Crippen LogP contribution in [0.4, 0.5) is 4.79 Å². The lowest BCUT2D eigenvalue weighted by molar-refractivity contribution is -0.137. The van der Waals surface area contributed by atoms with Gasteiger partial charge in [0.05, 0.1) is 6.42 Å². The van der Waals surface area contributed by atoms with E-state index in [1.807, 2.05) is 13.8 Å². The molecule has 0 aromatic heterocycles. The van der Waals surface area contributed by atoms with Gasteiger partial charge in [-0.3, -0.25) is 4.79 Å². The van der Waals surface area contributed by atoms with Crippen LogP contribution >= 0.6 is 0 Å². The van der Waals surface area contributed by atoms with Gasteiger partial charge in [0.15, 0.2) is 0 Å². The summed E-state index contributed by atoms with van der Waals surface area (Å²) in [6.45, 7) is 6.08. The van der Waals surface area contributed by atoms with E-state index in [1.165, 1.54) is 0 Å². The third-order valence-electron chi connectivity index (χ3n) is 2.86. The molecule has 0 spiro atoms. The molecule has 0 saturated carbocycles. The summed E-state index contributed by atoms with van der Waals surface area (Å²) in [6.07, 6.45) is 4.37. The maximum absolute atomic E-state index is 11.7. The van der Waals surface area contributed by atoms with Crippen molar-refractivity contribution in [1.29, 1.82) is 0 Å². The molecular formula is C13H26N2O3. The average molecular weight is 258 g/mol. The largest absolute Gasteiger partial charge is 0.481 e. The number of amides is 2. The fourth-order valence-corrected chi connectivity index (χ4v) is 1.92. The maximum atomic E-state index is 11.7. The molecule has 2 unspecified atom stereocenters. The monoisotopic (exact) mass is 258 g/mol. The molecule has 2 amide bonds. The van der Waals surface area contributed by atoms with Crippen LogP contribution in [0.3, 0.4) is 0 Å². The van der Waals surface area contributed by atoms with Gasteiger partial charge in [0, 0.05) is 12.1 Å². The van der Waals surface area contributed by atoms with E-state index in [9.17, 15) is 9.59 Å². The second-order valence-corrected chi connectivity index (χ2v) is 4.60. The van der Waals surface area contributed by atoms with Crippen LogP contribution in [0.1, 0.15) is 59.3 Å². The van der Waals surface area contributed by atoms with Crippen LogP contribution in [0, 0.1) is 0 Å². The molecule has 106 valence electrons. The third-order valence-corrected chi connectivity index (χ3v) is 2.86. The lowest BCUT2D eigenvalue weighted by Crippen LogP contribution is -2.46. The molecule has 0 radical (unpaired) electrons. The van der Waals surface area contributed by atoms with Crippen molar-refractivity contribution < 1.29 is 14.7 Å². The molecular weight excluding hydrogens is 232 g/mol. The van der Waals surface area contributed by atoms with Crippen molar-refractivity contribution in [3.8, 4) is 0 Å². The second-order valence-electron chi connectivity index (χ2n) is 4.60. The summed E-state index contributed by atoms with van der Waals surface area (Å²) in [6, 6.07) is -0.372. The quantitative estimate of drug-likeness (QED) is 0.594. The molecule has 0 aliphatic rings. The van der Waals surface area contributed by atoms with Gasteiger partial charge in [-0.15, -0.1) is 0 Å². The van der Waals surface area contributed by atoms with Gasteiger partial charge in [0.25, 0.3) is 0 Å². The summed E-state index contributed by atoms with van der Waals surface area (Å²) >= 11 is 0. The van der Waals surface area contributed by atoms with E-state index in [2.05, 4.69) is 17.6 Å². The highest BCUT2D eigenvalue weighted by Gasteiger charge is 2.16. The van der Waals surface area contributed by atoms with E-state index in [1.54, 1.807) is 0 Å². The van der Waals surface area contributed by atoms with Crippen molar-refractivity contribution in [1.82, 2.24) is 10.6 Å². The van der Waals surface area contributed by atoms with Gasteiger partial charge in [-0.1, -0.05) is 33.6 Å². The van der Waals surface area contributed by atoms with Crippen molar-refractivity contribution in [2.75, 3.05) is 0 Å². The number of carbonyl (C=O) groups is 2. The molecule has 0 aromatic rings. The number of carbonyl (C=O) groups excluding carboxylic acids is 1. The Morgan fingerprint density at radius 1 is 1.00 bits per heavy atom. The average Bonchev–Trinajstić information content (AvgIpc) is 2.27. The van der Waals surface area contributed by atoms with E-state index in [4.69, 9.17) is 5.11 Å². The number of nitrogens with one attached hydrogen (secondary N) is 2. The fourth-order valence-electron chi connectivity index (χ4n) is 1.92. The molecule has 0 aliphatic carbocycles. The van der Waals surface area contributed by atoms with Crippen LogP contribution in [0.25, 0.3) is 0 Å². The van der Waals surface area contributed by atoms with Crippen molar-refractivity contribution in [2.24, 2.45) is 0 Å². The van der Waals surface area contributed by atoms with Crippen molar-refractivity contribution in [2.45, 2.75) is 71.4 Å². The van der Waals surface area contributed by atoms with Crippen LogP contribution in [-0.4, -0.2) is 29.2 Å². The Morgan fingerprint density at radius 2 is 1.50 bits per heavy atom. The van der Waals surface area contributed by atoms with Gasteiger partial charge in [-0.05, 0) is 19.3 Å². The standard InChI is InChI=1S/C13H26N2O3/c1-4-7-10(6-3)14-13(18)15-11(8-5-2)9-12(16)17/h10-11H,4-9H2,1-3H3,(H,16,17)(H2,14,15,18). The number of carboxylic acid groups (broad SMARTS) is 1. The molecule has 3 N–H and O–H groups in total. The van der Waals surface area contributed by atoms with E-state index < -0.39 is 5.97 Å². The minimum absolute atomic E-state index is 0.0220. The van der Waals surface area contributed by atoms with Gasteiger partial charge in [-0.2, -0.15) is 0 Å². The third kappa shape index (κ3) is 7.92. The molecule has 0 heterocycles. The van der Waals surface area contributed by atoms with E-state index in [0.717, 1.165) is 25.7 Å². The summed E-state index contributed by atoms with van der Waals surface area (Å²) in [7, 11) is 0. The molecule has 0 rings (SSSR count). The van der Waals surface area contributed by atoms with Crippen molar-refractivity contribution in [3.05, 3.63) is 0 Å². The first-order valence-electron chi connectivity index (χ1n) is 6.82. The Morgan fingerprint density at radius 3 is 1.94 bits per heavy atom. The first kappa shape index (κ1) is 16.7. The van der Waals surface area contributed by atoms with Crippen LogP contribution in [0.5, 0.6) is 0 Å². The molecule has 18 heavy (non-hydrogen) atoms. The molecule has 0 saturated heterocycles. The number of aliphatic carboxylic acids is 1. The van der Waals surface area contributed by atoms with Crippen molar-refractivity contribution in [3.63, 3.8) is 0 Å². The molecule has 0 fully saturated rings. The maximum Gasteiger partial charge on any atom is 0.315 e. The minimum Gasteiger partial charge on any atom is -0.481 e. The zero-order valence-electron chi connectivity index (χ0n) is 11.7. The SMILES string of the molecule is CCCC(CC)NC(=O)NC(CCC)CC(=O)O. The van der Waals surface area contributed by atoms with E-state index >= 15 is 0 Å². The molecule has 5 heteroatoms. The number of urea groups is 1. The number of hydrogen-bond donors (Lipinski definition) is 3. The summed E-state index contributed by atoms with van der Waals surface area (Å²) in [5.74, 6) is -0.880. The second kappa shape index (κ2) is 9.74. The van der Waals surface area contributed by atoms with E-state index in [-0.39, 0.29) is 24.5 Å². The zero-order chi connectivity index (χ0) is 14.0. The number of rotatable bonds is 9. The molecule has 0 aliphatic heterocycles. The van der Waals surface area contributed by atoms with Gasteiger partial charge in [-0.25, -0.2) is 4.79 Å². The van der Waals surface area contributed by atoms with Gasteiger partial charge < -0.3 is 15.7 Å². The van der Waals surface area contributed by atoms with Crippen LogP contribution in [-0.2, 0) is 4.79 Å². The van der Waals surface area contributed by atoms with Crippen molar-refractivity contribution >= 4 is 12.0 Å². The normalized spacial score (nSPS) is 13.7. The molecule has 0 aromatic carbocycles. The summed E-state index contributed by atoms with van der Waals surface area (Å²) in [4.78, 5) is 22.4. The highest BCUT2D eigenvalue weighted by molar-refractivity contribution is 5.76. The van der Waals surface area contributed by atoms with Crippen LogP contribution < -0.4 is 10.6 Å². The Labute approximate surface area is 109 Å². The zero-order valence-corrected chi connectivity index (χ0v) is 11.7. The Kier molecular flexibility index (Phi) is 9.06. The number of carboxylic acids is 1. The number of hydrogen-bond acceptors (Lipinski definition) is 2. The van der Waals surface area contributed by atoms with Gasteiger partial charge >= 0.3 is 12.0 Å². The first-order valence-corrected chi connectivity index (χ1v) is 6.82. The Hall–Kier alpha value is -1.26. The lowest BCUT2D eigenvalue weighted by Gasteiger charge is -2.20.